The van der Waals surface area contributed by atoms with Gasteiger partial charge < -0.3 is 24.3 Å². The molecular weight excluding hydrogens is 402 g/mol. The predicted molar refractivity (Wildman–Crippen MR) is 117 cm³/mol. The van der Waals surface area contributed by atoms with E-state index in [-0.39, 0.29) is 0 Å². The molecule has 0 saturated carbocycles. The largest absolute Gasteiger partial charge is 0.493 e. The van der Waals surface area contributed by atoms with E-state index in [2.05, 4.69) is 16.4 Å². The van der Waals surface area contributed by atoms with Crippen LogP contribution >= 0.6 is 11.3 Å². The molecule has 0 amide bonds. The summed E-state index contributed by atoms with van der Waals surface area (Å²) in [6, 6.07) is 13.2. The highest BCUT2D eigenvalue weighted by molar-refractivity contribution is 7.11. The lowest BCUT2D eigenvalue weighted by atomic mass is 10.1. The van der Waals surface area contributed by atoms with Crippen molar-refractivity contribution in [1.29, 1.82) is 5.26 Å². The topological polar surface area (TPSA) is 85.6 Å². The summed E-state index contributed by atoms with van der Waals surface area (Å²) in [6.45, 7) is 0. The predicted octanol–water partition coefficient (Wildman–Crippen LogP) is 4.82. The molecule has 154 valence electrons. The van der Waals surface area contributed by atoms with Crippen molar-refractivity contribution < 1.29 is 18.9 Å². The number of allylic oxidation sites excluding steroid dienone is 1. The lowest BCUT2D eigenvalue weighted by Crippen LogP contribution is -1.94. The summed E-state index contributed by atoms with van der Waals surface area (Å²) in [6.07, 6.45) is 1.62. The van der Waals surface area contributed by atoms with Gasteiger partial charge in [0.15, 0.2) is 23.0 Å². The first kappa shape index (κ1) is 21.0. The summed E-state index contributed by atoms with van der Waals surface area (Å²) in [4.78, 5) is 4.60. The molecule has 0 bridgehead atoms. The van der Waals surface area contributed by atoms with Crippen LogP contribution < -0.4 is 24.3 Å². The van der Waals surface area contributed by atoms with Crippen molar-refractivity contribution in [1.82, 2.24) is 4.98 Å². The zero-order valence-corrected chi connectivity index (χ0v) is 17.9. The minimum atomic E-state index is 0.418. The highest BCUT2D eigenvalue weighted by Crippen LogP contribution is 2.34. The molecule has 0 saturated heterocycles. The van der Waals surface area contributed by atoms with Crippen molar-refractivity contribution in [3.8, 4) is 40.3 Å². The van der Waals surface area contributed by atoms with Crippen LogP contribution in [-0.2, 0) is 0 Å². The van der Waals surface area contributed by atoms with Gasteiger partial charge in [0.2, 0.25) is 0 Å². The second-order valence-corrected chi connectivity index (χ2v) is 6.85. The van der Waals surface area contributed by atoms with Gasteiger partial charge in [-0.2, -0.15) is 5.26 Å². The van der Waals surface area contributed by atoms with Gasteiger partial charge in [-0.3, -0.25) is 0 Å². The van der Waals surface area contributed by atoms with E-state index in [9.17, 15) is 5.26 Å². The van der Waals surface area contributed by atoms with Crippen molar-refractivity contribution in [3.05, 3.63) is 53.0 Å². The Labute approximate surface area is 179 Å². The third kappa shape index (κ3) is 4.47. The summed E-state index contributed by atoms with van der Waals surface area (Å²) < 4.78 is 21.2. The molecule has 3 aromatic rings. The summed E-state index contributed by atoms with van der Waals surface area (Å²) in [5.74, 6) is 2.50. The van der Waals surface area contributed by atoms with Crippen molar-refractivity contribution in [2.24, 2.45) is 0 Å². The van der Waals surface area contributed by atoms with Gasteiger partial charge in [0.1, 0.15) is 16.6 Å². The fraction of sp³-hybridized carbons (Fsp3) is 0.182. The highest BCUT2D eigenvalue weighted by Gasteiger charge is 2.12. The van der Waals surface area contributed by atoms with Crippen LogP contribution in [0.5, 0.6) is 23.0 Å². The van der Waals surface area contributed by atoms with Crippen LogP contribution in [0.2, 0.25) is 0 Å². The maximum absolute atomic E-state index is 9.60. The average molecular weight is 423 g/mol. The minimum Gasteiger partial charge on any atom is -0.493 e. The van der Waals surface area contributed by atoms with Gasteiger partial charge in [0.25, 0.3) is 0 Å². The summed E-state index contributed by atoms with van der Waals surface area (Å²) in [5.41, 5.74) is 2.81. The number of anilines is 1. The first-order valence-electron chi connectivity index (χ1n) is 8.90. The second kappa shape index (κ2) is 9.67. The summed E-state index contributed by atoms with van der Waals surface area (Å²) in [7, 11) is 6.33. The third-order valence-electron chi connectivity index (χ3n) is 4.30. The van der Waals surface area contributed by atoms with E-state index in [1.807, 2.05) is 29.6 Å². The molecule has 2 aromatic carbocycles. The molecule has 3 rings (SSSR count). The molecule has 1 N–H and O–H groups in total. The molecule has 0 fully saturated rings. The van der Waals surface area contributed by atoms with Crippen molar-refractivity contribution >= 4 is 22.6 Å². The molecule has 1 aromatic heterocycles. The number of nitrogens with zero attached hydrogens (tertiary/aromatic N) is 2. The Balaban J connectivity index is 1.83. The highest BCUT2D eigenvalue weighted by atomic mass is 32.1. The van der Waals surface area contributed by atoms with Crippen LogP contribution in [0, 0.1) is 11.3 Å². The zero-order valence-electron chi connectivity index (χ0n) is 17.1. The van der Waals surface area contributed by atoms with E-state index in [1.54, 1.807) is 46.8 Å². The number of nitriles is 1. The average Bonchev–Trinajstić information content (AvgIpc) is 3.28. The molecule has 0 atom stereocenters. The molecule has 0 aliphatic carbocycles. The number of rotatable bonds is 8. The summed E-state index contributed by atoms with van der Waals surface area (Å²) >= 11 is 1.39. The van der Waals surface area contributed by atoms with E-state index in [0.29, 0.717) is 33.6 Å². The molecule has 0 aliphatic heterocycles. The van der Waals surface area contributed by atoms with Gasteiger partial charge in [-0.05, 0) is 30.3 Å². The smallest absolute Gasteiger partial charge is 0.162 e. The summed E-state index contributed by atoms with van der Waals surface area (Å²) in [5, 5.41) is 15.2. The molecule has 8 heteroatoms. The number of ether oxygens (including phenoxy) is 4. The number of thiazole rings is 1. The second-order valence-electron chi connectivity index (χ2n) is 5.99. The van der Waals surface area contributed by atoms with Gasteiger partial charge in [-0.15, -0.1) is 11.3 Å². The lowest BCUT2D eigenvalue weighted by Gasteiger charge is -2.09. The monoisotopic (exact) mass is 423 g/mol. The molecular formula is C22H21N3O4S. The first-order chi connectivity index (χ1) is 14.6. The Hall–Kier alpha value is -3.70. The SMILES string of the molecule is COc1ccc(NC=C(C#N)c2nc(-c3ccc(OC)c(OC)c3)cs2)cc1OC. The van der Waals surface area contributed by atoms with E-state index < -0.39 is 0 Å². The number of nitrogens with one attached hydrogen (secondary N) is 1. The minimum absolute atomic E-state index is 0.418. The Kier molecular flexibility index (Phi) is 6.78. The van der Waals surface area contributed by atoms with Crippen LogP contribution in [0.4, 0.5) is 5.69 Å². The van der Waals surface area contributed by atoms with E-state index in [0.717, 1.165) is 16.9 Å². The normalized spacial score (nSPS) is 10.8. The number of methoxy groups -OCH3 is 4. The number of aromatic nitrogens is 1. The quantitative estimate of drug-likeness (QED) is 0.520. The van der Waals surface area contributed by atoms with Crippen molar-refractivity contribution in [2.45, 2.75) is 0 Å². The standard InChI is InChI=1S/C22H21N3O4S/c1-26-18-7-5-14(9-20(18)28-3)17-13-30-22(25-17)15(11-23)12-24-16-6-8-19(27-2)21(10-16)29-4/h5-10,12-13,24H,1-4H3. The molecule has 0 unspecified atom stereocenters. The first-order valence-corrected chi connectivity index (χ1v) is 9.78. The van der Waals surface area contributed by atoms with Crippen molar-refractivity contribution in [3.63, 3.8) is 0 Å². The maximum Gasteiger partial charge on any atom is 0.162 e. The molecule has 7 nitrogen and oxygen atoms in total. The lowest BCUT2D eigenvalue weighted by molar-refractivity contribution is 0.355. The van der Waals surface area contributed by atoms with Gasteiger partial charge >= 0.3 is 0 Å². The van der Waals surface area contributed by atoms with Crippen LogP contribution in [0.1, 0.15) is 5.01 Å². The Morgan fingerprint density at radius 2 is 1.57 bits per heavy atom. The van der Waals surface area contributed by atoms with Gasteiger partial charge in [-0.25, -0.2) is 4.98 Å². The van der Waals surface area contributed by atoms with E-state index in [1.165, 1.54) is 11.3 Å². The number of benzene rings is 2. The van der Waals surface area contributed by atoms with Gasteiger partial charge in [-0.1, -0.05) is 0 Å². The fourth-order valence-corrected chi connectivity index (χ4v) is 3.54. The molecule has 0 spiro atoms. The van der Waals surface area contributed by atoms with Crippen molar-refractivity contribution in [2.75, 3.05) is 33.8 Å². The molecule has 0 radical (unpaired) electrons. The van der Waals surface area contributed by atoms with E-state index in [4.69, 9.17) is 18.9 Å². The van der Waals surface area contributed by atoms with Crippen LogP contribution in [-0.4, -0.2) is 33.4 Å². The molecule has 1 heterocycles. The Morgan fingerprint density at radius 1 is 0.933 bits per heavy atom. The molecule has 30 heavy (non-hydrogen) atoms. The van der Waals surface area contributed by atoms with Gasteiger partial charge in [0.05, 0.1) is 34.1 Å². The zero-order chi connectivity index (χ0) is 21.5. The number of hydrogen-bond donors (Lipinski definition) is 1. The van der Waals surface area contributed by atoms with Crippen LogP contribution in [0.15, 0.2) is 48.0 Å². The molecule has 0 aliphatic rings. The fourth-order valence-electron chi connectivity index (χ4n) is 2.75. The number of hydrogen-bond acceptors (Lipinski definition) is 8. The third-order valence-corrected chi connectivity index (χ3v) is 5.18. The maximum atomic E-state index is 9.60. The Bertz CT molecular complexity index is 1100. The van der Waals surface area contributed by atoms with Crippen LogP contribution in [0.3, 0.4) is 0 Å². The van der Waals surface area contributed by atoms with Gasteiger partial charge in [0, 0.05) is 28.9 Å². The Morgan fingerprint density at radius 3 is 2.20 bits per heavy atom. The van der Waals surface area contributed by atoms with Crippen LogP contribution in [0.25, 0.3) is 16.8 Å². The van der Waals surface area contributed by atoms with E-state index >= 15 is 0 Å².